The first-order valence-electron chi connectivity index (χ1n) is 5.16. The van der Waals surface area contributed by atoms with Crippen molar-refractivity contribution >= 4 is 5.97 Å². The lowest BCUT2D eigenvalue weighted by atomic mass is 10.1. The Morgan fingerprint density at radius 3 is 2.76 bits per heavy atom. The fourth-order valence-electron chi connectivity index (χ4n) is 1.90. The molecule has 83 valence electrons. The average Bonchev–Trinajstić information content (AvgIpc) is 2.68. The minimum Gasteiger partial charge on any atom is -0.433 e. The molecule has 1 aliphatic rings. The van der Waals surface area contributed by atoms with E-state index in [1.54, 1.807) is 30.3 Å². The zero-order valence-corrected chi connectivity index (χ0v) is 8.79. The van der Waals surface area contributed by atoms with E-state index >= 15 is 0 Å². The Labute approximate surface area is 97.1 Å². The molecule has 4 nitrogen and oxygen atoms in total. The van der Waals surface area contributed by atoms with Crippen LogP contribution in [0.1, 0.15) is 22.1 Å². The molecule has 1 unspecified atom stereocenters. The number of cyclic esters (lactones) is 1. The standard InChI is InChI=1S/C13H8NO3/c15-11-7-3-4-8-14(11)12-9-5-1-2-6-10(9)13(16)17-12/h1-7,12H. The minimum absolute atomic E-state index is 0.248. The van der Waals surface area contributed by atoms with E-state index in [2.05, 4.69) is 6.20 Å². The van der Waals surface area contributed by atoms with E-state index in [-0.39, 0.29) is 5.56 Å². The number of nitrogens with zero attached hydrogens (tertiary/aromatic N) is 1. The molecule has 0 fully saturated rings. The number of hydrogen-bond acceptors (Lipinski definition) is 3. The smallest absolute Gasteiger partial charge is 0.340 e. The van der Waals surface area contributed by atoms with Gasteiger partial charge >= 0.3 is 5.97 Å². The van der Waals surface area contributed by atoms with Crippen molar-refractivity contribution in [3.05, 3.63) is 70.1 Å². The number of carbonyl (C=O) groups is 1. The van der Waals surface area contributed by atoms with Crippen LogP contribution in [-0.2, 0) is 4.74 Å². The van der Waals surface area contributed by atoms with Crippen LogP contribution in [0.25, 0.3) is 0 Å². The molecule has 1 atom stereocenters. The zero-order valence-electron chi connectivity index (χ0n) is 8.79. The number of aromatic nitrogens is 1. The molecular weight excluding hydrogens is 218 g/mol. The fraction of sp³-hybridized carbons (Fsp3) is 0.0769. The highest BCUT2D eigenvalue weighted by Gasteiger charge is 2.32. The maximum atomic E-state index is 11.7. The summed E-state index contributed by atoms with van der Waals surface area (Å²) in [5, 5.41) is 0. The Morgan fingerprint density at radius 1 is 1.12 bits per heavy atom. The number of hydrogen-bond donors (Lipinski definition) is 0. The lowest BCUT2D eigenvalue weighted by molar-refractivity contribution is 0.0311. The molecule has 2 aromatic rings. The second kappa shape index (κ2) is 3.59. The first-order chi connectivity index (χ1) is 8.27. The lowest BCUT2D eigenvalue weighted by Gasteiger charge is -2.12. The third-order valence-corrected chi connectivity index (χ3v) is 2.69. The van der Waals surface area contributed by atoms with Gasteiger partial charge in [-0.3, -0.25) is 9.36 Å². The van der Waals surface area contributed by atoms with E-state index in [0.717, 1.165) is 0 Å². The highest BCUT2D eigenvalue weighted by Crippen LogP contribution is 2.30. The second-order valence-electron chi connectivity index (χ2n) is 3.71. The SMILES string of the molecule is O=C1OC(n2[c]cccc2=O)c2ccccc21. The molecule has 1 aliphatic heterocycles. The molecule has 0 N–H and O–H groups in total. The Bertz CT molecular complexity index is 645. The van der Waals surface area contributed by atoms with Gasteiger partial charge in [-0.1, -0.05) is 24.3 Å². The zero-order chi connectivity index (χ0) is 11.8. The van der Waals surface area contributed by atoms with Crippen molar-refractivity contribution in [1.82, 2.24) is 4.57 Å². The molecule has 1 radical (unpaired) electrons. The van der Waals surface area contributed by atoms with Crippen LogP contribution < -0.4 is 5.56 Å². The monoisotopic (exact) mass is 226 g/mol. The van der Waals surface area contributed by atoms with Gasteiger partial charge in [-0.15, -0.1) is 0 Å². The van der Waals surface area contributed by atoms with Crippen molar-refractivity contribution < 1.29 is 9.53 Å². The van der Waals surface area contributed by atoms with Crippen molar-refractivity contribution in [2.45, 2.75) is 6.23 Å². The predicted octanol–water partition coefficient (Wildman–Crippen LogP) is 1.37. The van der Waals surface area contributed by atoms with Crippen LogP contribution in [0.15, 0.2) is 47.3 Å². The summed E-state index contributed by atoms with van der Waals surface area (Å²) in [6, 6.07) is 11.6. The Hall–Kier alpha value is -2.36. The fourth-order valence-corrected chi connectivity index (χ4v) is 1.90. The van der Waals surface area contributed by atoms with Crippen molar-refractivity contribution in [1.29, 1.82) is 0 Å². The van der Waals surface area contributed by atoms with E-state index in [1.807, 2.05) is 6.07 Å². The van der Waals surface area contributed by atoms with Crippen LogP contribution in [0.5, 0.6) is 0 Å². The van der Waals surface area contributed by atoms with Crippen LogP contribution in [0.3, 0.4) is 0 Å². The normalized spacial score (nSPS) is 17.6. The van der Waals surface area contributed by atoms with Gasteiger partial charge in [-0.2, -0.15) is 0 Å². The summed E-state index contributed by atoms with van der Waals surface area (Å²) in [5.41, 5.74) is 0.950. The van der Waals surface area contributed by atoms with E-state index in [1.165, 1.54) is 10.6 Å². The topological polar surface area (TPSA) is 48.3 Å². The molecule has 0 saturated carbocycles. The van der Waals surface area contributed by atoms with Crippen LogP contribution in [0.2, 0.25) is 0 Å². The third kappa shape index (κ3) is 1.45. The summed E-state index contributed by atoms with van der Waals surface area (Å²) < 4.78 is 6.47. The molecule has 4 heteroatoms. The van der Waals surface area contributed by atoms with Gasteiger partial charge in [0.15, 0.2) is 0 Å². The van der Waals surface area contributed by atoms with Crippen molar-refractivity contribution in [2.75, 3.05) is 0 Å². The van der Waals surface area contributed by atoms with Gasteiger partial charge in [0, 0.05) is 11.6 Å². The van der Waals surface area contributed by atoms with Gasteiger partial charge in [0.05, 0.1) is 11.8 Å². The molecule has 2 heterocycles. The highest BCUT2D eigenvalue weighted by atomic mass is 16.6. The quantitative estimate of drug-likeness (QED) is 0.690. The molecule has 1 aromatic carbocycles. The van der Waals surface area contributed by atoms with Gasteiger partial charge in [0.2, 0.25) is 6.23 Å². The number of esters is 1. The maximum absolute atomic E-state index is 11.7. The number of benzene rings is 1. The summed E-state index contributed by atoms with van der Waals surface area (Å²) in [6.07, 6.45) is 2.07. The van der Waals surface area contributed by atoms with Crippen molar-refractivity contribution in [3.8, 4) is 0 Å². The van der Waals surface area contributed by atoms with E-state index in [0.29, 0.717) is 11.1 Å². The van der Waals surface area contributed by atoms with Crippen LogP contribution in [-0.4, -0.2) is 10.5 Å². The van der Waals surface area contributed by atoms with Gasteiger partial charge in [0.1, 0.15) is 0 Å². The Kier molecular flexibility index (Phi) is 2.08. The Morgan fingerprint density at radius 2 is 1.94 bits per heavy atom. The molecule has 0 spiro atoms. The molecule has 0 aliphatic carbocycles. The number of ether oxygens (including phenoxy) is 1. The molecule has 0 saturated heterocycles. The molecule has 0 bridgehead atoms. The van der Waals surface area contributed by atoms with Gasteiger partial charge in [-0.05, 0) is 12.1 Å². The van der Waals surface area contributed by atoms with E-state index in [9.17, 15) is 9.59 Å². The van der Waals surface area contributed by atoms with Crippen LogP contribution >= 0.6 is 0 Å². The summed E-state index contributed by atoms with van der Waals surface area (Å²) in [6.45, 7) is 0. The number of carbonyl (C=O) groups excluding carboxylic acids is 1. The van der Waals surface area contributed by atoms with Crippen LogP contribution in [0, 0.1) is 6.20 Å². The average molecular weight is 226 g/mol. The number of pyridine rings is 1. The van der Waals surface area contributed by atoms with E-state index < -0.39 is 12.2 Å². The third-order valence-electron chi connectivity index (χ3n) is 2.69. The van der Waals surface area contributed by atoms with Gasteiger partial charge in [0.25, 0.3) is 5.56 Å². The first kappa shape index (κ1) is 9.84. The number of fused-ring (bicyclic) bond motifs is 1. The van der Waals surface area contributed by atoms with Crippen LogP contribution in [0.4, 0.5) is 0 Å². The highest BCUT2D eigenvalue weighted by molar-refractivity contribution is 5.93. The van der Waals surface area contributed by atoms with E-state index in [4.69, 9.17) is 4.74 Å². The second-order valence-corrected chi connectivity index (χ2v) is 3.71. The maximum Gasteiger partial charge on any atom is 0.340 e. The van der Waals surface area contributed by atoms with Gasteiger partial charge < -0.3 is 4.74 Å². The Balaban J connectivity index is 2.17. The molecule has 3 rings (SSSR count). The molecule has 0 amide bonds. The summed E-state index contributed by atoms with van der Waals surface area (Å²) >= 11 is 0. The van der Waals surface area contributed by atoms with Crippen molar-refractivity contribution in [3.63, 3.8) is 0 Å². The first-order valence-corrected chi connectivity index (χ1v) is 5.16. The molecule has 1 aromatic heterocycles. The summed E-state index contributed by atoms with van der Waals surface area (Å²) in [5.74, 6) is -0.408. The molecule has 17 heavy (non-hydrogen) atoms. The molecular formula is C13H8NO3. The lowest BCUT2D eigenvalue weighted by Crippen LogP contribution is -2.24. The summed E-state index contributed by atoms with van der Waals surface area (Å²) in [7, 11) is 0. The number of rotatable bonds is 1. The largest absolute Gasteiger partial charge is 0.433 e. The predicted molar refractivity (Wildman–Crippen MR) is 59.5 cm³/mol. The van der Waals surface area contributed by atoms with Crippen molar-refractivity contribution in [2.24, 2.45) is 0 Å². The summed E-state index contributed by atoms with van der Waals surface area (Å²) in [4.78, 5) is 23.3. The van der Waals surface area contributed by atoms with Gasteiger partial charge in [-0.25, -0.2) is 4.79 Å². The minimum atomic E-state index is -0.701.